The lowest BCUT2D eigenvalue weighted by molar-refractivity contribution is 0.102. The lowest BCUT2D eigenvalue weighted by Crippen LogP contribution is -2.11. The minimum Gasteiger partial charge on any atom is -0.497 e. The van der Waals surface area contributed by atoms with Crippen LogP contribution in [0.5, 0.6) is 5.75 Å². The molecule has 130 valence electrons. The number of nitrogens with zero attached hydrogens (tertiary/aromatic N) is 4. The van der Waals surface area contributed by atoms with Gasteiger partial charge in [0.25, 0.3) is 5.91 Å². The monoisotopic (exact) mass is 369 g/mol. The van der Waals surface area contributed by atoms with E-state index in [-0.39, 0.29) is 11.7 Å². The Morgan fingerprint density at radius 2 is 2.00 bits per heavy atom. The summed E-state index contributed by atoms with van der Waals surface area (Å²) in [6.45, 7) is 0. The molecule has 1 amide bonds. The van der Waals surface area contributed by atoms with Crippen molar-refractivity contribution in [1.82, 2.24) is 19.8 Å². The number of rotatable bonds is 4. The van der Waals surface area contributed by atoms with Crippen LogP contribution in [0.25, 0.3) is 16.3 Å². The predicted molar refractivity (Wildman–Crippen MR) is 95.0 cm³/mol. The first-order chi connectivity index (χ1) is 12.6. The first-order valence-corrected chi connectivity index (χ1v) is 8.39. The second-order valence-corrected chi connectivity index (χ2v) is 6.27. The van der Waals surface area contributed by atoms with Crippen molar-refractivity contribution < 1.29 is 13.9 Å². The quantitative estimate of drug-likeness (QED) is 0.597. The van der Waals surface area contributed by atoms with Crippen molar-refractivity contribution in [3.05, 3.63) is 59.9 Å². The molecule has 1 N–H and O–H groups in total. The van der Waals surface area contributed by atoms with Gasteiger partial charge in [0.2, 0.25) is 10.1 Å². The predicted octanol–water partition coefficient (Wildman–Crippen LogP) is 3.25. The summed E-state index contributed by atoms with van der Waals surface area (Å²) in [4.78, 5) is 12.8. The van der Waals surface area contributed by atoms with Crippen LogP contribution in [0.2, 0.25) is 0 Å². The zero-order valence-corrected chi connectivity index (χ0v) is 14.3. The van der Waals surface area contributed by atoms with Gasteiger partial charge < -0.3 is 4.74 Å². The first kappa shape index (κ1) is 16.2. The fraction of sp³-hybridized carbons (Fsp3) is 0.0588. The largest absolute Gasteiger partial charge is 0.497 e. The van der Waals surface area contributed by atoms with Crippen molar-refractivity contribution in [3.8, 4) is 17.1 Å². The molecule has 2 aromatic carbocycles. The number of nitrogens with one attached hydrogen (secondary N) is 1. The molecule has 0 bridgehead atoms. The van der Waals surface area contributed by atoms with Crippen molar-refractivity contribution in [1.29, 1.82) is 0 Å². The van der Waals surface area contributed by atoms with Crippen LogP contribution in [0.4, 0.5) is 9.52 Å². The Kier molecular flexibility index (Phi) is 4.05. The van der Waals surface area contributed by atoms with Gasteiger partial charge in [-0.05, 0) is 36.4 Å². The summed E-state index contributed by atoms with van der Waals surface area (Å²) >= 11 is 1.18. The Labute approximate surface area is 151 Å². The number of fused-ring (bicyclic) bond motifs is 1. The number of anilines is 1. The Morgan fingerprint density at radius 1 is 1.19 bits per heavy atom. The molecule has 2 heterocycles. The molecule has 4 aromatic rings. The number of amides is 1. The van der Waals surface area contributed by atoms with Gasteiger partial charge in [-0.25, -0.2) is 4.39 Å². The number of hydrogen-bond donors (Lipinski definition) is 1. The average Bonchev–Trinajstić information content (AvgIpc) is 3.21. The fourth-order valence-electron chi connectivity index (χ4n) is 2.39. The molecule has 0 aliphatic rings. The van der Waals surface area contributed by atoms with E-state index in [0.29, 0.717) is 32.8 Å². The first-order valence-electron chi connectivity index (χ1n) is 7.57. The van der Waals surface area contributed by atoms with E-state index in [1.54, 1.807) is 43.5 Å². The number of ether oxygens (including phenoxy) is 1. The average molecular weight is 369 g/mol. The summed E-state index contributed by atoms with van der Waals surface area (Å²) in [6.07, 6.45) is 0. The number of halogens is 1. The zero-order chi connectivity index (χ0) is 18.1. The maximum Gasteiger partial charge on any atom is 0.257 e. The van der Waals surface area contributed by atoms with Crippen molar-refractivity contribution in [2.75, 3.05) is 12.4 Å². The molecule has 0 atom stereocenters. The molecule has 0 unspecified atom stereocenters. The number of hydrogen-bond acceptors (Lipinski definition) is 6. The minimum atomic E-state index is -0.373. The van der Waals surface area contributed by atoms with E-state index in [0.717, 1.165) is 0 Å². The maximum atomic E-state index is 13.4. The highest BCUT2D eigenvalue weighted by Gasteiger charge is 2.16. The van der Waals surface area contributed by atoms with Crippen LogP contribution in [0.1, 0.15) is 10.4 Å². The molecule has 9 heteroatoms. The second-order valence-electron chi connectivity index (χ2n) is 5.32. The normalized spacial score (nSPS) is 10.8. The Balaban J connectivity index is 1.60. The van der Waals surface area contributed by atoms with Gasteiger partial charge in [-0.1, -0.05) is 23.5 Å². The summed E-state index contributed by atoms with van der Waals surface area (Å²) in [5.74, 6) is 0.396. The van der Waals surface area contributed by atoms with E-state index in [9.17, 15) is 9.18 Å². The van der Waals surface area contributed by atoms with Crippen LogP contribution in [-0.2, 0) is 0 Å². The van der Waals surface area contributed by atoms with E-state index in [2.05, 4.69) is 20.6 Å². The van der Waals surface area contributed by atoms with Crippen molar-refractivity contribution >= 4 is 27.3 Å². The van der Waals surface area contributed by atoms with Crippen molar-refractivity contribution in [2.24, 2.45) is 0 Å². The highest BCUT2D eigenvalue weighted by molar-refractivity contribution is 7.20. The van der Waals surface area contributed by atoms with E-state index in [1.807, 2.05) is 0 Å². The number of benzene rings is 2. The standard InChI is InChI=1S/C17H12FN5O2S/c1-25-13-7-5-10(6-8-13)15(24)19-16-22-23-14(20-21-17(23)26-16)11-3-2-4-12(18)9-11/h2-9H,1H3,(H,19,22,24). The lowest BCUT2D eigenvalue weighted by Gasteiger charge is -2.03. The topological polar surface area (TPSA) is 81.4 Å². The number of aromatic nitrogens is 4. The summed E-state index contributed by atoms with van der Waals surface area (Å²) in [5, 5.41) is 15.5. The molecule has 0 aliphatic heterocycles. The van der Waals surface area contributed by atoms with Gasteiger partial charge in [0, 0.05) is 11.1 Å². The Bertz CT molecular complexity index is 1090. The molecule has 0 fully saturated rings. The third kappa shape index (κ3) is 3.00. The Morgan fingerprint density at radius 3 is 2.73 bits per heavy atom. The molecule has 0 saturated heterocycles. The van der Waals surface area contributed by atoms with Crippen LogP contribution in [0, 0.1) is 5.82 Å². The van der Waals surface area contributed by atoms with Gasteiger partial charge in [0.1, 0.15) is 11.6 Å². The molecule has 7 nitrogen and oxygen atoms in total. The van der Waals surface area contributed by atoms with E-state index < -0.39 is 0 Å². The third-order valence-electron chi connectivity index (χ3n) is 3.65. The van der Waals surface area contributed by atoms with Gasteiger partial charge in [-0.3, -0.25) is 10.1 Å². The third-order valence-corrected chi connectivity index (χ3v) is 4.46. The zero-order valence-electron chi connectivity index (χ0n) is 13.5. The van der Waals surface area contributed by atoms with Gasteiger partial charge in [-0.15, -0.1) is 15.3 Å². The fourth-order valence-corrected chi connectivity index (χ4v) is 3.12. The summed E-state index contributed by atoms with van der Waals surface area (Å²) in [6, 6.07) is 12.7. The van der Waals surface area contributed by atoms with Crippen LogP contribution >= 0.6 is 11.3 Å². The minimum absolute atomic E-state index is 0.301. The maximum absolute atomic E-state index is 13.4. The van der Waals surface area contributed by atoms with Crippen molar-refractivity contribution in [2.45, 2.75) is 0 Å². The molecular weight excluding hydrogens is 357 g/mol. The summed E-state index contributed by atoms with van der Waals surface area (Å²) in [7, 11) is 1.56. The van der Waals surface area contributed by atoms with Gasteiger partial charge in [0.15, 0.2) is 5.82 Å². The van der Waals surface area contributed by atoms with Crippen LogP contribution in [-0.4, -0.2) is 32.8 Å². The van der Waals surface area contributed by atoms with E-state index >= 15 is 0 Å². The molecule has 0 aliphatic carbocycles. The van der Waals surface area contributed by atoms with Gasteiger partial charge in [-0.2, -0.15) is 4.52 Å². The van der Waals surface area contributed by atoms with Crippen LogP contribution in [0.3, 0.4) is 0 Å². The van der Waals surface area contributed by atoms with Crippen LogP contribution < -0.4 is 10.1 Å². The summed E-state index contributed by atoms with van der Waals surface area (Å²) < 4.78 is 20.0. The van der Waals surface area contributed by atoms with Gasteiger partial charge in [0.05, 0.1) is 7.11 Å². The number of carbonyl (C=O) groups excluding carboxylic acids is 1. The molecular formula is C17H12FN5O2S. The van der Waals surface area contributed by atoms with Gasteiger partial charge >= 0.3 is 0 Å². The van der Waals surface area contributed by atoms with Crippen molar-refractivity contribution in [3.63, 3.8) is 0 Å². The SMILES string of the molecule is COc1ccc(C(=O)Nc2nn3c(-c4cccc(F)c4)nnc3s2)cc1. The van der Waals surface area contributed by atoms with E-state index in [1.165, 1.54) is 28.0 Å². The molecule has 0 radical (unpaired) electrons. The van der Waals surface area contributed by atoms with Crippen LogP contribution in [0.15, 0.2) is 48.5 Å². The highest BCUT2D eigenvalue weighted by Crippen LogP contribution is 2.25. The smallest absolute Gasteiger partial charge is 0.257 e. The molecule has 26 heavy (non-hydrogen) atoms. The molecule has 2 aromatic heterocycles. The Hall–Kier alpha value is -3.33. The second kappa shape index (κ2) is 6.52. The highest BCUT2D eigenvalue weighted by atomic mass is 32.1. The van der Waals surface area contributed by atoms with E-state index in [4.69, 9.17) is 4.74 Å². The molecule has 0 saturated carbocycles. The molecule has 4 rings (SSSR count). The molecule has 0 spiro atoms. The number of carbonyl (C=O) groups is 1. The summed E-state index contributed by atoms with van der Waals surface area (Å²) in [5.41, 5.74) is 1.03. The lowest BCUT2D eigenvalue weighted by atomic mass is 10.2. The number of methoxy groups -OCH3 is 1.